The molecule has 0 radical (unpaired) electrons. The largest absolute Gasteiger partial charge is 0.378 e. The average Bonchev–Trinajstić information content (AvgIpc) is 3.14. The molecule has 4 saturated heterocycles. The van der Waals surface area contributed by atoms with Crippen molar-refractivity contribution in [3.63, 3.8) is 0 Å². The average molecular weight is 897 g/mol. The lowest BCUT2D eigenvalue weighted by molar-refractivity contribution is -0.316. The molecule has 0 saturated carbocycles. The lowest BCUT2D eigenvalue weighted by atomic mass is 9.73. The van der Waals surface area contributed by atoms with Crippen LogP contribution in [0.5, 0.6) is 0 Å². The van der Waals surface area contributed by atoms with Crippen molar-refractivity contribution in [2.24, 2.45) is 23.7 Å². The fourth-order valence-electron chi connectivity index (χ4n) is 11.8. The van der Waals surface area contributed by atoms with Crippen molar-refractivity contribution in [2.45, 2.75) is 297 Å². The van der Waals surface area contributed by atoms with Crippen LogP contribution >= 0.6 is 0 Å². The van der Waals surface area contributed by atoms with E-state index < -0.39 is 28.4 Å². The summed E-state index contributed by atoms with van der Waals surface area (Å²) in [5.74, 6) is 0.976. The maximum atomic E-state index is 11.6. The van der Waals surface area contributed by atoms with Crippen LogP contribution in [-0.2, 0) is 18.9 Å². The zero-order valence-corrected chi connectivity index (χ0v) is 43.7. The maximum Gasteiger partial charge on any atom is 0.184 e. The minimum atomic E-state index is -0.650. The molecule has 0 aliphatic carbocycles. The summed E-state index contributed by atoms with van der Waals surface area (Å²) >= 11 is 0. The van der Waals surface area contributed by atoms with Crippen LogP contribution in [0.3, 0.4) is 0 Å². The standard InChI is InChI=1S/C51H100N4O8/c1-34(2)42-26-38(28-46(9,10)52(42)56)62-45(63-39-27-43(35(3)4)53(57)47(11,12)29-39)44(61-41-31-49(15,16)55(59)51(18,33-41)37(7)8)24-22-20-19-21-23-25-60-40-30-48(13,14)54(58)50(17,32-40)36(5)6/h34-45,56-59H,19-33H2,1-18H3. The number of unbranched alkanes of at least 4 members (excludes halogenated alkanes) is 4. The normalized spacial score (nSPS) is 35.5. The van der Waals surface area contributed by atoms with Crippen LogP contribution in [0.15, 0.2) is 0 Å². The fourth-order valence-corrected chi connectivity index (χ4v) is 11.8. The lowest BCUT2D eigenvalue weighted by Gasteiger charge is -2.55. The van der Waals surface area contributed by atoms with Crippen molar-refractivity contribution in [2.75, 3.05) is 6.61 Å². The molecule has 9 atom stereocenters. The molecule has 9 unspecified atom stereocenters. The van der Waals surface area contributed by atoms with E-state index in [1.807, 2.05) is 0 Å². The molecule has 0 bridgehead atoms. The Morgan fingerprint density at radius 3 is 1.27 bits per heavy atom. The third kappa shape index (κ3) is 13.2. The first-order valence-electron chi connectivity index (χ1n) is 25.4. The molecule has 0 aromatic heterocycles. The Hall–Kier alpha value is -0.480. The van der Waals surface area contributed by atoms with Crippen molar-refractivity contribution in [1.29, 1.82) is 0 Å². The number of hydrogen-bond donors (Lipinski definition) is 4. The molecule has 12 nitrogen and oxygen atoms in total. The highest BCUT2D eigenvalue weighted by molar-refractivity contribution is 5.03. The molecule has 4 heterocycles. The summed E-state index contributed by atoms with van der Waals surface area (Å²) < 4.78 is 28.5. The molecule has 4 aliphatic heterocycles. The van der Waals surface area contributed by atoms with Gasteiger partial charge in [0.25, 0.3) is 0 Å². The summed E-state index contributed by atoms with van der Waals surface area (Å²) in [5.41, 5.74) is -2.58. The predicted molar refractivity (Wildman–Crippen MR) is 251 cm³/mol. The lowest BCUT2D eigenvalue weighted by Crippen LogP contribution is -2.64. The summed E-state index contributed by atoms with van der Waals surface area (Å²) in [6, 6.07) is -0.112. The molecule has 0 aromatic carbocycles. The van der Waals surface area contributed by atoms with Gasteiger partial charge in [-0.1, -0.05) is 81.1 Å². The SMILES string of the molecule is CC(C)C1CC(OC(OC2CC(C(C)C)N(O)C(C)(C)C2)C(CCCCCCCOC2CC(C)(C)N(O)C(C)(C(C)C)C2)OC2CC(C)(C)N(O)C(C)(C(C)C)C2)CC(C)(C)N1O. The van der Waals surface area contributed by atoms with Gasteiger partial charge in [-0.2, -0.15) is 20.3 Å². The Morgan fingerprint density at radius 2 is 0.841 bits per heavy atom. The molecule has 12 heteroatoms. The van der Waals surface area contributed by atoms with E-state index in [9.17, 15) is 20.8 Å². The fraction of sp³-hybridized carbons (Fsp3) is 1.00. The molecule has 0 spiro atoms. The molecule has 4 rings (SSSR count). The van der Waals surface area contributed by atoms with Crippen LogP contribution in [0.1, 0.15) is 215 Å². The van der Waals surface area contributed by atoms with Gasteiger partial charge in [-0.3, -0.25) is 0 Å². The van der Waals surface area contributed by atoms with Crippen LogP contribution in [0.4, 0.5) is 0 Å². The van der Waals surface area contributed by atoms with E-state index in [1.165, 1.54) is 0 Å². The highest BCUT2D eigenvalue weighted by atomic mass is 16.7. The molecule has 0 aromatic rings. The second-order valence-corrected chi connectivity index (χ2v) is 25.1. The summed E-state index contributed by atoms with van der Waals surface area (Å²) in [6.07, 6.45) is 10.4. The third-order valence-electron chi connectivity index (χ3n) is 16.5. The second-order valence-electron chi connectivity index (χ2n) is 25.1. The van der Waals surface area contributed by atoms with Gasteiger partial charge in [0.1, 0.15) is 6.10 Å². The third-order valence-corrected chi connectivity index (χ3v) is 16.5. The Balaban J connectivity index is 1.55. The minimum absolute atomic E-state index is 0.0558. The topological polar surface area (TPSA) is 131 Å². The quantitative estimate of drug-likeness (QED) is 0.0685. The van der Waals surface area contributed by atoms with E-state index in [1.54, 1.807) is 20.3 Å². The van der Waals surface area contributed by atoms with E-state index in [0.29, 0.717) is 44.4 Å². The molecule has 0 amide bonds. The highest BCUT2D eigenvalue weighted by Gasteiger charge is 2.52. The number of hydrogen-bond acceptors (Lipinski definition) is 12. The number of hydroxylamine groups is 8. The first-order chi connectivity index (χ1) is 28.9. The van der Waals surface area contributed by atoms with Crippen molar-refractivity contribution < 1.29 is 39.8 Å². The number of ether oxygens (including phenoxy) is 4. The summed E-state index contributed by atoms with van der Waals surface area (Å²) in [5, 5.41) is 51.6. The first kappa shape index (κ1) is 55.1. The maximum absolute atomic E-state index is 11.6. The highest BCUT2D eigenvalue weighted by Crippen LogP contribution is 2.45. The van der Waals surface area contributed by atoms with Crippen molar-refractivity contribution in [1.82, 2.24) is 20.3 Å². The van der Waals surface area contributed by atoms with Gasteiger partial charge < -0.3 is 39.8 Å². The Kier molecular flexibility index (Phi) is 18.8. The number of rotatable bonds is 20. The van der Waals surface area contributed by atoms with Crippen LogP contribution in [0.2, 0.25) is 0 Å². The Bertz CT molecular complexity index is 1360. The number of nitrogens with zero attached hydrogens (tertiary/aromatic N) is 4. The van der Waals surface area contributed by atoms with E-state index in [0.717, 1.165) is 58.0 Å². The minimum Gasteiger partial charge on any atom is -0.378 e. The Morgan fingerprint density at radius 1 is 0.460 bits per heavy atom. The number of piperidine rings is 4. The van der Waals surface area contributed by atoms with Gasteiger partial charge >= 0.3 is 0 Å². The van der Waals surface area contributed by atoms with Crippen LogP contribution in [-0.4, -0.2) is 130 Å². The van der Waals surface area contributed by atoms with Crippen molar-refractivity contribution in [3.05, 3.63) is 0 Å². The van der Waals surface area contributed by atoms with Gasteiger partial charge in [0.2, 0.25) is 0 Å². The summed E-state index contributed by atoms with van der Waals surface area (Å²) in [7, 11) is 0. The van der Waals surface area contributed by atoms with Gasteiger partial charge in [-0.15, -0.1) is 0 Å². The van der Waals surface area contributed by atoms with Gasteiger partial charge in [-0.05, 0) is 157 Å². The summed E-state index contributed by atoms with van der Waals surface area (Å²) in [6.45, 7) is 39.3. The monoisotopic (exact) mass is 897 g/mol. The molecule has 4 fully saturated rings. The molecule has 372 valence electrons. The van der Waals surface area contributed by atoms with E-state index in [-0.39, 0.29) is 71.4 Å². The smallest absolute Gasteiger partial charge is 0.184 e. The van der Waals surface area contributed by atoms with Gasteiger partial charge in [0.15, 0.2) is 6.29 Å². The molecule has 4 aliphatic rings. The van der Waals surface area contributed by atoms with E-state index >= 15 is 0 Å². The van der Waals surface area contributed by atoms with Crippen molar-refractivity contribution >= 4 is 0 Å². The van der Waals surface area contributed by atoms with Gasteiger partial charge in [0.05, 0.1) is 24.4 Å². The van der Waals surface area contributed by atoms with E-state index in [2.05, 4.69) is 125 Å². The van der Waals surface area contributed by atoms with Crippen LogP contribution < -0.4 is 0 Å². The van der Waals surface area contributed by atoms with Crippen LogP contribution in [0, 0.1) is 23.7 Å². The zero-order valence-electron chi connectivity index (χ0n) is 43.7. The predicted octanol–water partition coefficient (Wildman–Crippen LogP) is 11.5. The summed E-state index contributed by atoms with van der Waals surface area (Å²) in [4.78, 5) is 0. The molecule has 4 N–H and O–H groups in total. The van der Waals surface area contributed by atoms with Crippen LogP contribution in [0.25, 0.3) is 0 Å². The first-order valence-corrected chi connectivity index (χ1v) is 25.4. The van der Waals surface area contributed by atoms with Gasteiger partial charge in [-0.25, -0.2) is 0 Å². The molecular weight excluding hydrogens is 797 g/mol. The van der Waals surface area contributed by atoms with Gasteiger partial charge in [0, 0.05) is 51.9 Å². The van der Waals surface area contributed by atoms with Crippen molar-refractivity contribution in [3.8, 4) is 0 Å². The Labute approximate surface area is 385 Å². The molecule has 63 heavy (non-hydrogen) atoms. The second kappa shape index (κ2) is 21.4. The zero-order chi connectivity index (χ0) is 47.7. The molecular formula is C51H100N4O8. The van der Waals surface area contributed by atoms with E-state index in [4.69, 9.17) is 18.9 Å².